The molecule has 0 unspecified atom stereocenters. The summed E-state index contributed by atoms with van der Waals surface area (Å²) in [5.41, 5.74) is 0.786. The van der Waals surface area contributed by atoms with Crippen molar-refractivity contribution in [1.82, 2.24) is 15.0 Å². The molecule has 1 saturated carbocycles. The number of benzene rings is 1. The molecule has 1 heterocycles. The molecule has 29 heavy (non-hydrogen) atoms. The summed E-state index contributed by atoms with van der Waals surface area (Å²) >= 11 is 1.46. The predicted octanol–water partition coefficient (Wildman–Crippen LogP) is 4.14. The van der Waals surface area contributed by atoms with Gasteiger partial charge in [0.25, 0.3) is 0 Å². The number of sulfonamides is 1. The van der Waals surface area contributed by atoms with Crippen molar-refractivity contribution >= 4 is 37.5 Å². The van der Waals surface area contributed by atoms with Crippen LogP contribution in [0.5, 0.6) is 0 Å². The van der Waals surface area contributed by atoms with E-state index in [-0.39, 0.29) is 22.8 Å². The first-order valence-corrected chi connectivity index (χ1v) is 12.8. The Morgan fingerprint density at radius 3 is 2.45 bits per heavy atom. The molecule has 1 atom stereocenters. The van der Waals surface area contributed by atoms with Crippen molar-refractivity contribution < 1.29 is 13.2 Å². The number of fused-ring (bicyclic) bond motifs is 1. The van der Waals surface area contributed by atoms with Crippen LogP contribution in [0.15, 0.2) is 23.1 Å². The van der Waals surface area contributed by atoms with E-state index in [0.29, 0.717) is 0 Å². The molecule has 0 saturated heterocycles. The first-order valence-electron chi connectivity index (χ1n) is 10.5. The van der Waals surface area contributed by atoms with Gasteiger partial charge in [0.05, 0.1) is 20.1 Å². The fraction of sp³-hybridized carbons (Fsp3) is 0.619. The molecular weight excluding hydrogens is 406 g/mol. The van der Waals surface area contributed by atoms with Gasteiger partial charge in [0.2, 0.25) is 15.9 Å². The van der Waals surface area contributed by atoms with Crippen LogP contribution in [0, 0.1) is 12.8 Å². The molecule has 0 spiro atoms. The Labute approximate surface area is 177 Å². The Balaban J connectivity index is 1.74. The van der Waals surface area contributed by atoms with Crippen molar-refractivity contribution in [2.24, 2.45) is 5.92 Å². The fourth-order valence-corrected chi connectivity index (χ4v) is 6.12. The second-order valence-electron chi connectivity index (χ2n) is 8.26. The Morgan fingerprint density at radius 2 is 1.79 bits per heavy atom. The topological polar surface area (TPSA) is 88.2 Å². The SMILES string of the molecule is Cc1nc2ccc(S(=O)(=O)N[C@@H](C(=O)NC3CCCCCCC3)C(C)C)cc2s1. The third-order valence-corrected chi connectivity index (χ3v) is 7.83. The number of hydrogen-bond acceptors (Lipinski definition) is 5. The van der Waals surface area contributed by atoms with Crippen molar-refractivity contribution in [3.63, 3.8) is 0 Å². The molecule has 3 rings (SSSR count). The minimum Gasteiger partial charge on any atom is -0.352 e. The second kappa shape index (κ2) is 9.53. The molecule has 1 amide bonds. The normalized spacial score (nSPS) is 17.8. The zero-order valence-electron chi connectivity index (χ0n) is 17.4. The van der Waals surface area contributed by atoms with Gasteiger partial charge in [0.1, 0.15) is 6.04 Å². The van der Waals surface area contributed by atoms with Gasteiger partial charge < -0.3 is 5.32 Å². The average Bonchev–Trinajstić information content (AvgIpc) is 3.00. The lowest BCUT2D eigenvalue weighted by molar-refractivity contribution is -0.124. The molecule has 2 N–H and O–H groups in total. The maximum atomic E-state index is 13.0. The van der Waals surface area contributed by atoms with Gasteiger partial charge in [-0.3, -0.25) is 4.79 Å². The largest absolute Gasteiger partial charge is 0.352 e. The molecule has 0 aliphatic heterocycles. The van der Waals surface area contributed by atoms with Crippen molar-refractivity contribution in [1.29, 1.82) is 0 Å². The highest BCUT2D eigenvalue weighted by atomic mass is 32.2. The van der Waals surface area contributed by atoms with E-state index in [1.54, 1.807) is 18.2 Å². The van der Waals surface area contributed by atoms with Gasteiger partial charge in [-0.05, 0) is 43.9 Å². The summed E-state index contributed by atoms with van der Waals surface area (Å²) in [5.74, 6) is -0.392. The van der Waals surface area contributed by atoms with Crippen molar-refractivity contribution in [2.45, 2.75) is 82.7 Å². The number of nitrogens with zero attached hydrogens (tertiary/aromatic N) is 1. The van der Waals surface area contributed by atoms with Crippen LogP contribution in [0.2, 0.25) is 0 Å². The summed E-state index contributed by atoms with van der Waals surface area (Å²) < 4.78 is 29.4. The third-order valence-electron chi connectivity index (χ3n) is 5.46. The van der Waals surface area contributed by atoms with Crippen LogP contribution in [0.4, 0.5) is 0 Å². The Kier molecular flexibility index (Phi) is 7.29. The lowest BCUT2D eigenvalue weighted by atomic mass is 9.96. The highest BCUT2D eigenvalue weighted by Gasteiger charge is 2.30. The fourth-order valence-electron chi connectivity index (χ4n) is 3.81. The van der Waals surface area contributed by atoms with E-state index in [1.165, 1.54) is 30.6 Å². The van der Waals surface area contributed by atoms with E-state index in [2.05, 4.69) is 15.0 Å². The number of rotatable bonds is 6. The van der Waals surface area contributed by atoms with Crippen LogP contribution >= 0.6 is 11.3 Å². The first-order chi connectivity index (χ1) is 13.8. The number of amides is 1. The molecule has 1 aliphatic carbocycles. The lowest BCUT2D eigenvalue weighted by Crippen LogP contribution is -2.52. The quantitative estimate of drug-likeness (QED) is 0.711. The number of carbonyl (C=O) groups excluding carboxylic acids is 1. The minimum atomic E-state index is -3.82. The molecule has 0 radical (unpaired) electrons. The van der Waals surface area contributed by atoms with Gasteiger partial charge >= 0.3 is 0 Å². The third kappa shape index (κ3) is 5.77. The van der Waals surface area contributed by atoms with Gasteiger partial charge in [-0.15, -0.1) is 11.3 Å². The Morgan fingerprint density at radius 1 is 1.14 bits per heavy atom. The van der Waals surface area contributed by atoms with E-state index in [9.17, 15) is 13.2 Å². The van der Waals surface area contributed by atoms with Gasteiger partial charge in [-0.25, -0.2) is 13.4 Å². The van der Waals surface area contributed by atoms with E-state index < -0.39 is 16.1 Å². The van der Waals surface area contributed by atoms with Crippen LogP contribution in [0.25, 0.3) is 10.2 Å². The molecule has 1 aliphatic rings. The number of aromatic nitrogens is 1. The highest BCUT2D eigenvalue weighted by molar-refractivity contribution is 7.89. The molecule has 2 aromatic rings. The van der Waals surface area contributed by atoms with Crippen molar-refractivity contribution in [2.75, 3.05) is 0 Å². The molecule has 0 bridgehead atoms. The summed E-state index contributed by atoms with van der Waals surface area (Å²) in [6, 6.07) is 4.22. The minimum absolute atomic E-state index is 0.130. The van der Waals surface area contributed by atoms with Gasteiger partial charge in [-0.1, -0.05) is 46.0 Å². The molecule has 6 nitrogen and oxygen atoms in total. The van der Waals surface area contributed by atoms with Gasteiger partial charge in [0.15, 0.2) is 0 Å². The lowest BCUT2D eigenvalue weighted by Gasteiger charge is -2.26. The number of carbonyl (C=O) groups is 1. The Bertz CT molecular complexity index is 945. The predicted molar refractivity (Wildman–Crippen MR) is 118 cm³/mol. The summed E-state index contributed by atoms with van der Waals surface area (Å²) in [6.45, 7) is 5.62. The van der Waals surface area contributed by atoms with Crippen molar-refractivity contribution in [3.8, 4) is 0 Å². The maximum Gasteiger partial charge on any atom is 0.241 e. The van der Waals surface area contributed by atoms with E-state index >= 15 is 0 Å². The van der Waals surface area contributed by atoms with E-state index in [4.69, 9.17) is 0 Å². The monoisotopic (exact) mass is 437 g/mol. The average molecular weight is 438 g/mol. The zero-order chi connectivity index (χ0) is 21.0. The van der Waals surface area contributed by atoms with Crippen LogP contribution in [-0.2, 0) is 14.8 Å². The zero-order valence-corrected chi connectivity index (χ0v) is 19.0. The molecular formula is C21H31N3O3S2. The number of hydrogen-bond donors (Lipinski definition) is 2. The van der Waals surface area contributed by atoms with E-state index in [1.807, 2.05) is 20.8 Å². The molecule has 1 aromatic heterocycles. The molecule has 1 aromatic carbocycles. The Hall–Kier alpha value is -1.51. The number of nitrogens with one attached hydrogen (secondary N) is 2. The van der Waals surface area contributed by atoms with Crippen molar-refractivity contribution in [3.05, 3.63) is 23.2 Å². The van der Waals surface area contributed by atoms with Gasteiger partial charge in [0, 0.05) is 6.04 Å². The number of thiazole rings is 1. The smallest absolute Gasteiger partial charge is 0.241 e. The first kappa shape index (κ1) is 22.2. The van der Waals surface area contributed by atoms with Crippen LogP contribution < -0.4 is 10.0 Å². The second-order valence-corrected chi connectivity index (χ2v) is 11.2. The van der Waals surface area contributed by atoms with E-state index in [0.717, 1.165) is 40.9 Å². The van der Waals surface area contributed by atoms with Crippen LogP contribution in [0.3, 0.4) is 0 Å². The highest BCUT2D eigenvalue weighted by Crippen LogP contribution is 2.25. The molecule has 1 fully saturated rings. The maximum absolute atomic E-state index is 13.0. The summed E-state index contributed by atoms with van der Waals surface area (Å²) in [7, 11) is -3.82. The summed E-state index contributed by atoms with van der Waals surface area (Å²) in [5, 5.41) is 3.99. The summed E-state index contributed by atoms with van der Waals surface area (Å²) in [6.07, 6.45) is 7.81. The molecule has 8 heteroatoms. The molecule has 160 valence electrons. The van der Waals surface area contributed by atoms with Gasteiger partial charge in [-0.2, -0.15) is 4.72 Å². The van der Waals surface area contributed by atoms with Crippen LogP contribution in [0.1, 0.15) is 63.8 Å². The van der Waals surface area contributed by atoms with Crippen LogP contribution in [-0.4, -0.2) is 31.4 Å². The number of aryl methyl sites for hydroxylation is 1. The summed E-state index contributed by atoms with van der Waals surface area (Å²) in [4.78, 5) is 17.5. The standard InChI is InChI=1S/C21H31N3O3S2/c1-14(2)20(21(25)23-16-9-7-5-4-6-8-10-16)24-29(26,27)17-11-12-18-19(13-17)28-15(3)22-18/h11-14,16,20,24H,4-10H2,1-3H3,(H,23,25)/t20-/m1/s1.